The van der Waals surface area contributed by atoms with Crippen molar-refractivity contribution in [2.45, 2.75) is 11.5 Å². The molecule has 0 aliphatic carbocycles. The van der Waals surface area contributed by atoms with Crippen LogP contribution in [0.25, 0.3) is 6.08 Å². The SMILES string of the molecule is N#CC(=Cc1cccc(OCc2cnc(Cl)s2)c1)S(=O)(=O)c1ccccc1. The fourth-order valence-electron chi connectivity index (χ4n) is 2.25. The number of nitriles is 1. The normalized spacial score (nSPS) is 11.8. The standard InChI is InChI=1S/C19H13ClN2O3S2/c20-19-22-12-16(26-19)13-25-15-6-4-5-14(9-15)10-18(11-21)27(23,24)17-7-2-1-3-8-17/h1-10,12H,13H2. The van der Waals surface area contributed by atoms with E-state index in [0.717, 1.165) is 4.88 Å². The summed E-state index contributed by atoms with van der Waals surface area (Å²) in [5, 5.41) is 9.36. The molecule has 0 aliphatic rings. The second kappa shape index (κ2) is 8.35. The molecule has 0 amide bonds. The molecule has 27 heavy (non-hydrogen) atoms. The maximum atomic E-state index is 12.6. The van der Waals surface area contributed by atoms with E-state index in [1.54, 1.807) is 54.7 Å². The van der Waals surface area contributed by atoms with Crippen LogP contribution in [-0.2, 0) is 16.4 Å². The molecule has 3 rings (SSSR count). The van der Waals surface area contributed by atoms with Gasteiger partial charge in [-0.05, 0) is 35.9 Å². The molecule has 2 aromatic carbocycles. The molecular formula is C19H13ClN2O3S2. The number of hydrogen-bond acceptors (Lipinski definition) is 6. The molecule has 0 spiro atoms. The lowest BCUT2D eigenvalue weighted by Gasteiger charge is -2.06. The van der Waals surface area contributed by atoms with Crippen LogP contribution in [0.5, 0.6) is 5.75 Å². The fourth-order valence-corrected chi connectivity index (χ4v) is 4.32. The number of halogens is 1. The first-order valence-electron chi connectivity index (χ1n) is 7.74. The van der Waals surface area contributed by atoms with Crippen LogP contribution < -0.4 is 4.74 Å². The van der Waals surface area contributed by atoms with Crippen LogP contribution in [0.4, 0.5) is 0 Å². The predicted octanol–water partition coefficient (Wildman–Crippen LogP) is 4.71. The molecule has 8 heteroatoms. The molecule has 3 aromatic rings. The Hall–Kier alpha value is -2.66. The highest BCUT2D eigenvalue weighted by Crippen LogP contribution is 2.24. The second-order valence-electron chi connectivity index (χ2n) is 5.38. The molecule has 1 heterocycles. The summed E-state index contributed by atoms with van der Waals surface area (Å²) in [6.07, 6.45) is 2.97. The van der Waals surface area contributed by atoms with Crippen molar-refractivity contribution in [3.63, 3.8) is 0 Å². The van der Waals surface area contributed by atoms with Crippen molar-refractivity contribution in [3.05, 3.63) is 80.6 Å². The Kier molecular flexibility index (Phi) is 5.91. The van der Waals surface area contributed by atoms with Gasteiger partial charge in [0.15, 0.2) is 4.47 Å². The van der Waals surface area contributed by atoms with Gasteiger partial charge in [0.25, 0.3) is 0 Å². The Labute approximate surface area is 166 Å². The third kappa shape index (κ3) is 4.74. The Morgan fingerprint density at radius 1 is 1.22 bits per heavy atom. The van der Waals surface area contributed by atoms with Gasteiger partial charge < -0.3 is 4.74 Å². The van der Waals surface area contributed by atoms with Crippen molar-refractivity contribution < 1.29 is 13.2 Å². The summed E-state index contributed by atoms with van der Waals surface area (Å²) in [4.78, 5) is 4.55. The third-order valence-electron chi connectivity index (χ3n) is 3.52. The van der Waals surface area contributed by atoms with Gasteiger partial charge in [0.1, 0.15) is 23.3 Å². The Bertz CT molecular complexity index is 1120. The van der Waals surface area contributed by atoms with Crippen LogP contribution in [0.1, 0.15) is 10.4 Å². The van der Waals surface area contributed by atoms with Gasteiger partial charge in [-0.2, -0.15) is 5.26 Å². The van der Waals surface area contributed by atoms with Gasteiger partial charge in [0.2, 0.25) is 9.84 Å². The van der Waals surface area contributed by atoms with Crippen LogP contribution in [-0.4, -0.2) is 13.4 Å². The smallest absolute Gasteiger partial charge is 0.216 e. The van der Waals surface area contributed by atoms with Crippen LogP contribution >= 0.6 is 22.9 Å². The van der Waals surface area contributed by atoms with Crippen molar-refractivity contribution in [3.8, 4) is 11.8 Å². The highest BCUT2D eigenvalue weighted by atomic mass is 35.5. The van der Waals surface area contributed by atoms with Crippen molar-refractivity contribution in [1.29, 1.82) is 5.26 Å². The van der Waals surface area contributed by atoms with E-state index in [1.807, 2.05) is 0 Å². The number of sulfone groups is 1. The molecule has 0 unspecified atom stereocenters. The van der Waals surface area contributed by atoms with Crippen molar-refractivity contribution >= 4 is 38.9 Å². The summed E-state index contributed by atoms with van der Waals surface area (Å²) in [6, 6.07) is 16.5. The summed E-state index contributed by atoms with van der Waals surface area (Å²) in [7, 11) is -3.88. The molecule has 0 N–H and O–H groups in total. The van der Waals surface area contributed by atoms with E-state index in [-0.39, 0.29) is 9.80 Å². The lowest BCUT2D eigenvalue weighted by Crippen LogP contribution is -2.03. The minimum Gasteiger partial charge on any atom is -0.488 e. The molecule has 0 fully saturated rings. The highest BCUT2D eigenvalue weighted by Gasteiger charge is 2.20. The van der Waals surface area contributed by atoms with Gasteiger partial charge in [0, 0.05) is 6.20 Å². The van der Waals surface area contributed by atoms with Gasteiger partial charge in [-0.1, -0.05) is 41.9 Å². The van der Waals surface area contributed by atoms with Crippen molar-refractivity contribution in [2.24, 2.45) is 0 Å². The number of aromatic nitrogens is 1. The largest absolute Gasteiger partial charge is 0.488 e. The van der Waals surface area contributed by atoms with Crippen LogP contribution in [0, 0.1) is 11.3 Å². The monoisotopic (exact) mass is 416 g/mol. The molecule has 1 aromatic heterocycles. The average Bonchev–Trinajstić information content (AvgIpc) is 3.10. The molecule has 5 nitrogen and oxygen atoms in total. The quantitative estimate of drug-likeness (QED) is 0.543. The number of rotatable bonds is 6. The van der Waals surface area contributed by atoms with E-state index < -0.39 is 9.84 Å². The van der Waals surface area contributed by atoms with E-state index in [1.165, 1.54) is 29.5 Å². The van der Waals surface area contributed by atoms with Crippen LogP contribution in [0.15, 0.2) is 70.6 Å². The van der Waals surface area contributed by atoms with Gasteiger partial charge in [-0.15, -0.1) is 11.3 Å². The Morgan fingerprint density at radius 2 is 2.00 bits per heavy atom. The first-order valence-corrected chi connectivity index (χ1v) is 10.4. The molecule has 136 valence electrons. The second-order valence-corrected chi connectivity index (χ2v) is 8.99. The maximum Gasteiger partial charge on any atom is 0.216 e. The lowest BCUT2D eigenvalue weighted by atomic mass is 10.2. The number of nitrogens with zero attached hydrogens (tertiary/aromatic N) is 2. The van der Waals surface area contributed by atoms with Gasteiger partial charge in [-0.25, -0.2) is 13.4 Å². The van der Waals surface area contributed by atoms with Crippen LogP contribution in [0.3, 0.4) is 0 Å². The van der Waals surface area contributed by atoms with E-state index in [0.29, 0.717) is 22.4 Å². The number of benzene rings is 2. The molecule has 0 bridgehead atoms. The summed E-state index contributed by atoms with van der Waals surface area (Å²) < 4.78 is 31.4. The van der Waals surface area contributed by atoms with Crippen LogP contribution in [0.2, 0.25) is 4.47 Å². The molecule has 0 saturated heterocycles. The summed E-state index contributed by atoms with van der Waals surface area (Å²) in [6.45, 7) is 0.297. The molecule has 0 aliphatic heterocycles. The van der Waals surface area contributed by atoms with Crippen molar-refractivity contribution in [2.75, 3.05) is 0 Å². The zero-order valence-electron chi connectivity index (χ0n) is 13.9. The lowest BCUT2D eigenvalue weighted by molar-refractivity contribution is 0.309. The fraction of sp³-hybridized carbons (Fsp3) is 0.0526. The van der Waals surface area contributed by atoms with E-state index in [2.05, 4.69) is 4.98 Å². The topological polar surface area (TPSA) is 80.0 Å². The summed E-state index contributed by atoms with van der Waals surface area (Å²) >= 11 is 7.11. The average molecular weight is 417 g/mol. The van der Waals surface area contributed by atoms with Gasteiger partial charge in [0.05, 0.1) is 9.77 Å². The van der Waals surface area contributed by atoms with E-state index >= 15 is 0 Å². The first kappa shape index (κ1) is 19.1. The number of ether oxygens (including phenoxy) is 1. The minimum absolute atomic E-state index is 0.0762. The van der Waals surface area contributed by atoms with E-state index in [9.17, 15) is 13.7 Å². The van der Waals surface area contributed by atoms with Gasteiger partial charge in [-0.3, -0.25) is 0 Å². The molecule has 0 saturated carbocycles. The number of hydrogen-bond donors (Lipinski definition) is 0. The number of allylic oxidation sites excluding steroid dienone is 1. The Balaban J connectivity index is 1.84. The first-order chi connectivity index (χ1) is 13.0. The Morgan fingerprint density at radius 3 is 2.67 bits per heavy atom. The molecule has 0 radical (unpaired) electrons. The number of thiazole rings is 1. The van der Waals surface area contributed by atoms with Gasteiger partial charge >= 0.3 is 0 Å². The molecule has 0 atom stereocenters. The van der Waals surface area contributed by atoms with E-state index in [4.69, 9.17) is 16.3 Å². The highest BCUT2D eigenvalue weighted by molar-refractivity contribution is 7.95. The maximum absolute atomic E-state index is 12.6. The zero-order valence-corrected chi connectivity index (χ0v) is 16.3. The summed E-state index contributed by atoms with van der Waals surface area (Å²) in [5.74, 6) is 0.544. The summed E-state index contributed by atoms with van der Waals surface area (Å²) in [5.41, 5.74) is 0.547. The predicted molar refractivity (Wildman–Crippen MR) is 105 cm³/mol. The molecular weight excluding hydrogens is 404 g/mol. The zero-order chi connectivity index (χ0) is 19.3. The third-order valence-corrected chi connectivity index (χ3v) is 6.28. The van der Waals surface area contributed by atoms with Crippen molar-refractivity contribution in [1.82, 2.24) is 4.98 Å². The minimum atomic E-state index is -3.88.